The number of aliphatic hydroxyl groups is 1. The fourth-order valence-electron chi connectivity index (χ4n) is 1.27. The fraction of sp³-hybridized carbons (Fsp3) is 0.455. The monoisotopic (exact) mass is 337 g/mol. The molecule has 0 saturated heterocycles. The molecule has 0 unspecified atom stereocenters. The van der Waals surface area contributed by atoms with E-state index in [0.29, 0.717) is 10.2 Å². The van der Waals surface area contributed by atoms with E-state index in [9.17, 15) is 8.42 Å². The summed E-state index contributed by atoms with van der Waals surface area (Å²) < 4.78 is 32.2. The van der Waals surface area contributed by atoms with Gasteiger partial charge in [-0.1, -0.05) is 0 Å². The maximum Gasteiger partial charge on any atom is 0.241 e. The molecule has 0 bridgehead atoms. The molecule has 0 radical (unpaired) electrons. The van der Waals surface area contributed by atoms with Crippen LogP contribution in [0.1, 0.15) is 13.8 Å². The second-order valence-electron chi connectivity index (χ2n) is 4.44. The first-order valence-electron chi connectivity index (χ1n) is 5.20. The first-order chi connectivity index (χ1) is 8.22. The summed E-state index contributed by atoms with van der Waals surface area (Å²) in [5, 5.41) is 9.08. The third-order valence-corrected chi connectivity index (χ3v) is 4.56. The van der Waals surface area contributed by atoms with Crippen LogP contribution in [-0.4, -0.2) is 32.8 Å². The molecule has 0 aliphatic carbocycles. The summed E-state index contributed by atoms with van der Waals surface area (Å²) >= 11 is 3.23. The van der Waals surface area contributed by atoms with Gasteiger partial charge in [0.2, 0.25) is 10.0 Å². The number of hydrogen-bond acceptors (Lipinski definition) is 4. The van der Waals surface area contributed by atoms with Gasteiger partial charge in [-0.15, -0.1) is 0 Å². The summed E-state index contributed by atoms with van der Waals surface area (Å²) in [7, 11) is -2.17. The number of nitrogens with one attached hydrogen (secondary N) is 1. The number of benzene rings is 1. The summed E-state index contributed by atoms with van der Waals surface area (Å²) in [4.78, 5) is 0.108. The van der Waals surface area contributed by atoms with Crippen molar-refractivity contribution in [1.29, 1.82) is 0 Å². The quantitative estimate of drug-likeness (QED) is 0.853. The van der Waals surface area contributed by atoms with Crippen LogP contribution in [0.2, 0.25) is 0 Å². The molecule has 0 heterocycles. The van der Waals surface area contributed by atoms with E-state index < -0.39 is 15.6 Å². The number of halogens is 1. The van der Waals surface area contributed by atoms with Gasteiger partial charge in [-0.25, -0.2) is 13.1 Å². The first kappa shape index (κ1) is 15.4. The van der Waals surface area contributed by atoms with Crippen LogP contribution in [0.4, 0.5) is 0 Å². The van der Waals surface area contributed by atoms with Crippen LogP contribution >= 0.6 is 15.9 Å². The minimum Gasteiger partial charge on any atom is -0.496 e. The van der Waals surface area contributed by atoms with Crippen LogP contribution in [-0.2, 0) is 10.0 Å². The van der Waals surface area contributed by atoms with Gasteiger partial charge in [-0.2, -0.15) is 0 Å². The normalized spacial score (nSPS) is 12.5. The Kier molecular flexibility index (Phi) is 4.77. The molecule has 0 aliphatic rings. The highest BCUT2D eigenvalue weighted by Crippen LogP contribution is 2.27. The van der Waals surface area contributed by atoms with E-state index in [2.05, 4.69) is 20.7 Å². The number of methoxy groups -OCH3 is 1. The van der Waals surface area contributed by atoms with Crippen molar-refractivity contribution in [3.63, 3.8) is 0 Å². The smallest absolute Gasteiger partial charge is 0.241 e. The lowest BCUT2D eigenvalue weighted by molar-refractivity contribution is 0.208. The van der Waals surface area contributed by atoms with E-state index in [4.69, 9.17) is 9.84 Å². The predicted octanol–water partition coefficient (Wildman–Crippen LogP) is 1.51. The third-order valence-electron chi connectivity index (χ3n) is 2.24. The van der Waals surface area contributed by atoms with Gasteiger partial charge in [0.15, 0.2) is 0 Å². The number of hydrogen-bond donors (Lipinski definition) is 2. The van der Waals surface area contributed by atoms with Crippen molar-refractivity contribution in [3.8, 4) is 5.75 Å². The fourth-order valence-corrected chi connectivity index (χ4v) is 3.39. The lowest BCUT2D eigenvalue weighted by Gasteiger charge is -2.23. The first-order valence-corrected chi connectivity index (χ1v) is 7.48. The largest absolute Gasteiger partial charge is 0.496 e. The van der Waals surface area contributed by atoms with Gasteiger partial charge in [0.25, 0.3) is 0 Å². The van der Waals surface area contributed by atoms with Gasteiger partial charge in [-0.3, -0.25) is 0 Å². The Bertz CT molecular complexity index is 528. The Labute approximate surface area is 115 Å². The zero-order valence-corrected chi connectivity index (χ0v) is 12.8. The molecule has 0 saturated carbocycles. The number of aliphatic hydroxyl groups excluding tert-OH is 1. The lowest BCUT2D eigenvalue weighted by atomic mass is 10.1. The number of ether oxygens (including phenoxy) is 1. The average Bonchev–Trinajstić information content (AvgIpc) is 2.27. The maximum absolute atomic E-state index is 12.1. The molecule has 0 aliphatic heterocycles. The van der Waals surface area contributed by atoms with E-state index in [1.165, 1.54) is 19.2 Å². The average molecular weight is 338 g/mol. The molecule has 0 atom stereocenters. The van der Waals surface area contributed by atoms with E-state index >= 15 is 0 Å². The Morgan fingerprint density at radius 1 is 1.44 bits per heavy atom. The highest BCUT2D eigenvalue weighted by Gasteiger charge is 2.25. The summed E-state index contributed by atoms with van der Waals surface area (Å²) in [6, 6.07) is 4.46. The van der Waals surface area contributed by atoms with Crippen molar-refractivity contribution in [2.24, 2.45) is 0 Å². The molecule has 0 fully saturated rings. The molecular weight excluding hydrogens is 322 g/mol. The molecule has 0 amide bonds. The minimum absolute atomic E-state index is 0.108. The Balaban J connectivity index is 3.10. The van der Waals surface area contributed by atoms with E-state index in [-0.39, 0.29) is 11.5 Å². The molecule has 5 nitrogen and oxygen atoms in total. The van der Waals surface area contributed by atoms with E-state index in [0.717, 1.165) is 0 Å². The van der Waals surface area contributed by atoms with Crippen LogP contribution in [0.3, 0.4) is 0 Å². The van der Waals surface area contributed by atoms with Gasteiger partial charge in [-0.05, 0) is 48.0 Å². The molecule has 7 heteroatoms. The standard InChI is InChI=1S/C11H16BrNO4S/c1-11(2,7-14)13-18(15,16)8-4-5-10(17-3)9(12)6-8/h4-6,13-14H,7H2,1-3H3. The second kappa shape index (κ2) is 5.56. The molecule has 1 aromatic carbocycles. The zero-order valence-electron chi connectivity index (χ0n) is 10.4. The van der Waals surface area contributed by atoms with Crippen molar-refractivity contribution in [1.82, 2.24) is 4.72 Å². The molecule has 102 valence electrons. The zero-order chi connectivity index (χ0) is 14.0. The Morgan fingerprint density at radius 3 is 2.50 bits per heavy atom. The van der Waals surface area contributed by atoms with Crippen LogP contribution in [0.25, 0.3) is 0 Å². The van der Waals surface area contributed by atoms with Crippen LogP contribution in [0, 0.1) is 0 Å². The summed E-state index contributed by atoms with van der Waals surface area (Å²) in [6.45, 7) is 2.91. The lowest BCUT2D eigenvalue weighted by Crippen LogP contribution is -2.46. The summed E-state index contributed by atoms with van der Waals surface area (Å²) in [5.74, 6) is 0.551. The highest BCUT2D eigenvalue weighted by molar-refractivity contribution is 9.10. The van der Waals surface area contributed by atoms with Gasteiger partial charge >= 0.3 is 0 Å². The van der Waals surface area contributed by atoms with Crippen molar-refractivity contribution in [2.75, 3.05) is 13.7 Å². The van der Waals surface area contributed by atoms with Crippen LogP contribution < -0.4 is 9.46 Å². The molecule has 0 aromatic heterocycles. The number of sulfonamides is 1. The molecule has 1 rings (SSSR count). The van der Waals surface area contributed by atoms with Crippen molar-refractivity contribution >= 4 is 26.0 Å². The maximum atomic E-state index is 12.1. The van der Waals surface area contributed by atoms with Gasteiger partial charge < -0.3 is 9.84 Å². The molecule has 0 spiro atoms. The van der Waals surface area contributed by atoms with Crippen molar-refractivity contribution in [3.05, 3.63) is 22.7 Å². The molecule has 1 aromatic rings. The van der Waals surface area contributed by atoms with Crippen LogP contribution in [0.5, 0.6) is 5.75 Å². The Morgan fingerprint density at radius 2 is 2.06 bits per heavy atom. The van der Waals surface area contributed by atoms with E-state index in [1.807, 2.05) is 0 Å². The number of rotatable bonds is 5. The Hall–Kier alpha value is -0.630. The molecule has 18 heavy (non-hydrogen) atoms. The topological polar surface area (TPSA) is 75.6 Å². The van der Waals surface area contributed by atoms with E-state index in [1.54, 1.807) is 19.9 Å². The van der Waals surface area contributed by atoms with Gasteiger partial charge in [0.05, 0.1) is 28.6 Å². The van der Waals surface area contributed by atoms with Gasteiger partial charge in [0, 0.05) is 0 Å². The predicted molar refractivity (Wildman–Crippen MR) is 72.2 cm³/mol. The molecular formula is C11H16BrNO4S. The second-order valence-corrected chi connectivity index (χ2v) is 6.98. The SMILES string of the molecule is COc1ccc(S(=O)(=O)NC(C)(C)CO)cc1Br. The summed E-state index contributed by atoms with van der Waals surface area (Å²) in [6.07, 6.45) is 0. The summed E-state index contributed by atoms with van der Waals surface area (Å²) in [5.41, 5.74) is -0.911. The van der Waals surface area contributed by atoms with Crippen molar-refractivity contribution in [2.45, 2.75) is 24.3 Å². The third kappa shape index (κ3) is 3.68. The van der Waals surface area contributed by atoms with Crippen LogP contribution in [0.15, 0.2) is 27.6 Å². The molecule has 2 N–H and O–H groups in total. The van der Waals surface area contributed by atoms with Gasteiger partial charge in [0.1, 0.15) is 5.75 Å². The highest BCUT2D eigenvalue weighted by atomic mass is 79.9. The van der Waals surface area contributed by atoms with Crippen molar-refractivity contribution < 1.29 is 18.3 Å². The minimum atomic E-state index is -3.67.